The molecule has 0 saturated heterocycles. The SMILES string of the molecule is CN(Cc1ccc2ccccc2n1)CC(C)(C)O. The molecular weight excluding hydrogens is 224 g/mol. The second kappa shape index (κ2) is 5.04. The summed E-state index contributed by atoms with van der Waals surface area (Å²) in [5.41, 5.74) is 1.37. The van der Waals surface area contributed by atoms with Gasteiger partial charge in [0, 0.05) is 18.5 Å². The van der Waals surface area contributed by atoms with E-state index in [-0.39, 0.29) is 0 Å². The number of hydrogen-bond donors (Lipinski definition) is 1. The van der Waals surface area contributed by atoms with Gasteiger partial charge in [-0.15, -0.1) is 0 Å². The summed E-state index contributed by atoms with van der Waals surface area (Å²) in [7, 11) is 1.99. The van der Waals surface area contributed by atoms with Gasteiger partial charge >= 0.3 is 0 Å². The van der Waals surface area contributed by atoms with Gasteiger partial charge in [0.15, 0.2) is 0 Å². The molecule has 0 saturated carbocycles. The Kier molecular flexibility index (Phi) is 3.64. The molecule has 0 fully saturated rings. The van der Waals surface area contributed by atoms with Gasteiger partial charge in [-0.25, -0.2) is 0 Å². The van der Waals surface area contributed by atoms with Crippen molar-refractivity contribution in [3.05, 3.63) is 42.1 Å². The summed E-state index contributed by atoms with van der Waals surface area (Å²) in [4.78, 5) is 6.70. The molecule has 1 aromatic heterocycles. The normalized spacial score (nSPS) is 12.3. The van der Waals surface area contributed by atoms with Crippen LogP contribution in [0, 0.1) is 0 Å². The Hall–Kier alpha value is -1.45. The first-order valence-corrected chi connectivity index (χ1v) is 6.20. The average molecular weight is 244 g/mol. The summed E-state index contributed by atoms with van der Waals surface area (Å²) >= 11 is 0. The van der Waals surface area contributed by atoms with Crippen molar-refractivity contribution in [2.45, 2.75) is 26.0 Å². The van der Waals surface area contributed by atoms with Crippen molar-refractivity contribution in [1.29, 1.82) is 0 Å². The first-order chi connectivity index (χ1) is 8.44. The quantitative estimate of drug-likeness (QED) is 0.897. The van der Waals surface area contributed by atoms with Crippen LogP contribution in [0.5, 0.6) is 0 Å². The third-order valence-electron chi connectivity index (χ3n) is 2.74. The van der Waals surface area contributed by atoms with Crippen LogP contribution in [0.2, 0.25) is 0 Å². The molecule has 0 unspecified atom stereocenters. The lowest BCUT2D eigenvalue weighted by molar-refractivity contribution is 0.0422. The van der Waals surface area contributed by atoms with Crippen molar-refractivity contribution in [2.75, 3.05) is 13.6 Å². The van der Waals surface area contributed by atoms with Crippen molar-refractivity contribution < 1.29 is 5.11 Å². The van der Waals surface area contributed by atoms with E-state index in [4.69, 9.17) is 0 Å². The molecule has 0 aliphatic rings. The zero-order chi connectivity index (χ0) is 13.2. The summed E-state index contributed by atoms with van der Waals surface area (Å²) in [5, 5.41) is 10.9. The van der Waals surface area contributed by atoms with Crippen LogP contribution >= 0.6 is 0 Å². The minimum absolute atomic E-state index is 0.626. The maximum atomic E-state index is 9.78. The molecule has 1 heterocycles. The number of rotatable bonds is 4. The smallest absolute Gasteiger partial charge is 0.0718 e. The lowest BCUT2D eigenvalue weighted by atomic mass is 10.1. The van der Waals surface area contributed by atoms with Crippen molar-refractivity contribution >= 4 is 10.9 Å². The second-order valence-corrected chi connectivity index (χ2v) is 5.48. The first kappa shape index (κ1) is 13.0. The third kappa shape index (κ3) is 3.52. The molecule has 1 N–H and O–H groups in total. The average Bonchev–Trinajstić information content (AvgIpc) is 2.26. The number of para-hydroxylation sites is 1. The third-order valence-corrected chi connectivity index (χ3v) is 2.74. The van der Waals surface area contributed by atoms with Crippen molar-refractivity contribution in [1.82, 2.24) is 9.88 Å². The second-order valence-electron chi connectivity index (χ2n) is 5.48. The summed E-state index contributed by atoms with van der Waals surface area (Å²) in [5.74, 6) is 0. The number of pyridine rings is 1. The van der Waals surface area contributed by atoms with Crippen molar-refractivity contribution in [2.24, 2.45) is 0 Å². The van der Waals surface area contributed by atoms with E-state index in [0.717, 1.165) is 23.1 Å². The molecule has 0 atom stereocenters. The van der Waals surface area contributed by atoms with Crippen LogP contribution in [0.15, 0.2) is 36.4 Å². The molecule has 2 rings (SSSR count). The fourth-order valence-corrected chi connectivity index (χ4v) is 2.19. The number of aliphatic hydroxyl groups is 1. The van der Waals surface area contributed by atoms with E-state index in [1.54, 1.807) is 0 Å². The molecule has 2 aromatic rings. The van der Waals surface area contributed by atoms with Crippen LogP contribution in [0.4, 0.5) is 0 Å². The molecule has 18 heavy (non-hydrogen) atoms. The largest absolute Gasteiger partial charge is 0.389 e. The minimum Gasteiger partial charge on any atom is -0.389 e. The molecule has 3 heteroatoms. The molecule has 0 amide bonds. The van der Waals surface area contributed by atoms with Gasteiger partial charge in [0.1, 0.15) is 0 Å². The van der Waals surface area contributed by atoms with E-state index in [2.05, 4.69) is 22.0 Å². The van der Waals surface area contributed by atoms with Gasteiger partial charge in [-0.1, -0.05) is 24.3 Å². The number of fused-ring (bicyclic) bond motifs is 1. The summed E-state index contributed by atoms with van der Waals surface area (Å²) in [6.45, 7) is 5.00. The van der Waals surface area contributed by atoms with E-state index < -0.39 is 5.60 Å². The first-order valence-electron chi connectivity index (χ1n) is 6.20. The van der Waals surface area contributed by atoms with Gasteiger partial charge in [-0.3, -0.25) is 9.88 Å². The Labute approximate surface area is 108 Å². The minimum atomic E-state index is -0.675. The molecule has 1 aromatic carbocycles. The summed E-state index contributed by atoms with van der Waals surface area (Å²) in [6, 6.07) is 12.2. The van der Waals surface area contributed by atoms with Gasteiger partial charge in [0.05, 0.1) is 16.8 Å². The highest BCUT2D eigenvalue weighted by Crippen LogP contribution is 2.13. The molecule has 96 valence electrons. The Balaban J connectivity index is 2.12. The standard InChI is InChI=1S/C15H20N2O/c1-15(2,18)11-17(3)10-13-9-8-12-6-4-5-7-14(12)16-13/h4-9,18H,10-11H2,1-3H3. The number of aromatic nitrogens is 1. The molecule has 3 nitrogen and oxygen atoms in total. The highest BCUT2D eigenvalue weighted by molar-refractivity contribution is 5.78. The van der Waals surface area contributed by atoms with Gasteiger partial charge in [0.2, 0.25) is 0 Å². The number of likely N-dealkylation sites (N-methyl/N-ethyl adjacent to an activating group) is 1. The van der Waals surface area contributed by atoms with E-state index in [1.807, 2.05) is 45.2 Å². The van der Waals surface area contributed by atoms with Crippen LogP contribution < -0.4 is 0 Å². The van der Waals surface area contributed by atoms with Crippen LogP contribution in [-0.4, -0.2) is 34.2 Å². The van der Waals surface area contributed by atoms with E-state index >= 15 is 0 Å². The monoisotopic (exact) mass is 244 g/mol. The van der Waals surface area contributed by atoms with Crippen LogP contribution in [0.1, 0.15) is 19.5 Å². The van der Waals surface area contributed by atoms with Crippen molar-refractivity contribution in [3.63, 3.8) is 0 Å². The Morgan fingerprint density at radius 2 is 1.89 bits per heavy atom. The molecular formula is C15H20N2O. The van der Waals surface area contributed by atoms with E-state index in [0.29, 0.717) is 6.54 Å². The van der Waals surface area contributed by atoms with Gasteiger partial charge in [0.25, 0.3) is 0 Å². The van der Waals surface area contributed by atoms with Crippen LogP contribution in [0.3, 0.4) is 0 Å². The molecule has 0 aliphatic heterocycles. The predicted octanol–water partition coefficient (Wildman–Crippen LogP) is 2.44. The lowest BCUT2D eigenvalue weighted by Gasteiger charge is -2.25. The van der Waals surface area contributed by atoms with Gasteiger partial charge in [-0.2, -0.15) is 0 Å². The fraction of sp³-hybridized carbons (Fsp3) is 0.400. The molecule has 0 radical (unpaired) electrons. The molecule has 0 spiro atoms. The molecule has 0 bridgehead atoms. The maximum Gasteiger partial charge on any atom is 0.0718 e. The lowest BCUT2D eigenvalue weighted by Crippen LogP contribution is -2.35. The van der Waals surface area contributed by atoms with Crippen LogP contribution in [0.25, 0.3) is 10.9 Å². The number of benzene rings is 1. The maximum absolute atomic E-state index is 9.78. The highest BCUT2D eigenvalue weighted by atomic mass is 16.3. The predicted molar refractivity (Wildman–Crippen MR) is 74.4 cm³/mol. The van der Waals surface area contributed by atoms with Gasteiger partial charge in [-0.05, 0) is 33.0 Å². The summed E-state index contributed by atoms with van der Waals surface area (Å²) < 4.78 is 0. The van der Waals surface area contributed by atoms with Crippen LogP contribution in [-0.2, 0) is 6.54 Å². The Bertz CT molecular complexity index is 531. The van der Waals surface area contributed by atoms with Crippen molar-refractivity contribution in [3.8, 4) is 0 Å². The zero-order valence-electron chi connectivity index (χ0n) is 11.2. The van der Waals surface area contributed by atoms with E-state index in [9.17, 15) is 5.11 Å². The Morgan fingerprint density at radius 3 is 2.61 bits per heavy atom. The van der Waals surface area contributed by atoms with E-state index in [1.165, 1.54) is 0 Å². The molecule has 0 aliphatic carbocycles. The number of hydrogen-bond acceptors (Lipinski definition) is 3. The number of nitrogens with zero attached hydrogens (tertiary/aromatic N) is 2. The fourth-order valence-electron chi connectivity index (χ4n) is 2.19. The summed E-state index contributed by atoms with van der Waals surface area (Å²) in [6.07, 6.45) is 0. The Morgan fingerprint density at radius 1 is 1.17 bits per heavy atom. The zero-order valence-corrected chi connectivity index (χ0v) is 11.2. The highest BCUT2D eigenvalue weighted by Gasteiger charge is 2.15. The topological polar surface area (TPSA) is 36.4 Å². The van der Waals surface area contributed by atoms with Gasteiger partial charge < -0.3 is 5.11 Å².